The quantitative estimate of drug-likeness (QED) is 0.580. The van der Waals surface area contributed by atoms with Crippen LogP contribution in [0.4, 0.5) is 18.0 Å². The Hall–Kier alpha value is -3.17. The molecule has 1 N–H and O–H groups in total. The normalized spacial score (nSPS) is 15.9. The van der Waals surface area contributed by atoms with Gasteiger partial charge in [0.25, 0.3) is 0 Å². The summed E-state index contributed by atoms with van der Waals surface area (Å²) in [5.74, 6) is 0.561. The first-order valence-electron chi connectivity index (χ1n) is 9.36. The van der Waals surface area contributed by atoms with E-state index in [4.69, 9.17) is 9.94 Å². The van der Waals surface area contributed by atoms with Gasteiger partial charge in [-0.25, -0.2) is 14.8 Å². The summed E-state index contributed by atoms with van der Waals surface area (Å²) in [6.45, 7) is 4.22. The Kier molecular flexibility index (Phi) is 6.23. The monoisotopic (exact) mass is 422 g/mol. The number of benzene rings is 1. The van der Waals surface area contributed by atoms with Crippen molar-refractivity contribution in [3.05, 3.63) is 53.1 Å². The van der Waals surface area contributed by atoms with E-state index >= 15 is 0 Å². The molecule has 1 aliphatic rings. The number of aryl methyl sites for hydroxylation is 1. The first-order valence-corrected chi connectivity index (χ1v) is 9.36. The zero-order valence-corrected chi connectivity index (χ0v) is 16.5. The number of halogens is 3. The Balaban J connectivity index is 1.81. The number of hydrogen-bond donors (Lipinski definition) is 1. The van der Waals surface area contributed by atoms with Crippen LogP contribution < -0.4 is 4.84 Å². The topological polar surface area (TPSA) is 87.9 Å². The molecular formula is C20H21F3N4O3. The van der Waals surface area contributed by atoms with Crippen LogP contribution in [0.5, 0.6) is 5.75 Å². The van der Waals surface area contributed by atoms with Gasteiger partial charge in [-0.05, 0) is 44.9 Å². The van der Waals surface area contributed by atoms with E-state index in [9.17, 15) is 18.0 Å². The smallest absolute Gasteiger partial charge is 0.416 e. The summed E-state index contributed by atoms with van der Waals surface area (Å²) >= 11 is 0. The third kappa shape index (κ3) is 5.05. The van der Waals surface area contributed by atoms with Crippen LogP contribution in [0, 0.1) is 6.92 Å². The lowest BCUT2D eigenvalue weighted by Gasteiger charge is -2.30. The predicted octanol–water partition coefficient (Wildman–Crippen LogP) is 4.46. The molecule has 3 rings (SSSR count). The number of alkyl halides is 3. The van der Waals surface area contributed by atoms with Crippen LogP contribution in [0.1, 0.15) is 48.3 Å². The van der Waals surface area contributed by atoms with E-state index in [2.05, 4.69) is 15.1 Å². The molecule has 10 heteroatoms. The van der Waals surface area contributed by atoms with E-state index in [0.29, 0.717) is 43.0 Å². The molecule has 2 heterocycles. The molecule has 0 bridgehead atoms. The van der Waals surface area contributed by atoms with Crippen molar-refractivity contribution in [3.63, 3.8) is 0 Å². The largest absolute Gasteiger partial charge is 0.465 e. The molecule has 0 spiro atoms. The van der Waals surface area contributed by atoms with Crippen LogP contribution in [0.25, 0.3) is 0 Å². The fraction of sp³-hybridized carbons (Fsp3) is 0.400. The number of rotatable bonds is 4. The van der Waals surface area contributed by atoms with Gasteiger partial charge in [-0.3, -0.25) is 0 Å². The van der Waals surface area contributed by atoms with Crippen molar-refractivity contribution in [2.75, 3.05) is 13.1 Å². The molecule has 1 fully saturated rings. The lowest BCUT2D eigenvalue weighted by atomic mass is 9.90. The highest BCUT2D eigenvalue weighted by Crippen LogP contribution is 2.32. The maximum absolute atomic E-state index is 12.9. The van der Waals surface area contributed by atoms with Crippen molar-refractivity contribution >= 4 is 11.8 Å². The SMILES string of the molecule is CC(=NOc1cccc(C(F)(F)F)c1)c1cnc(C)nc1C1CCN(C(=O)O)CC1. The molecular weight excluding hydrogens is 401 g/mol. The van der Waals surface area contributed by atoms with E-state index in [0.717, 1.165) is 17.8 Å². The van der Waals surface area contributed by atoms with Gasteiger partial charge in [-0.2, -0.15) is 13.2 Å². The van der Waals surface area contributed by atoms with Crippen molar-refractivity contribution in [1.82, 2.24) is 14.9 Å². The summed E-state index contributed by atoms with van der Waals surface area (Å²) in [6, 6.07) is 4.48. The van der Waals surface area contributed by atoms with Crippen LogP contribution >= 0.6 is 0 Å². The first kappa shape index (κ1) is 21.5. The molecule has 0 radical (unpaired) electrons. The van der Waals surface area contributed by atoms with Crippen LogP contribution in [-0.4, -0.2) is 44.9 Å². The molecule has 0 saturated carbocycles. The highest BCUT2D eigenvalue weighted by Gasteiger charge is 2.31. The predicted molar refractivity (Wildman–Crippen MR) is 103 cm³/mol. The van der Waals surface area contributed by atoms with Crippen molar-refractivity contribution in [2.45, 2.75) is 38.8 Å². The zero-order chi connectivity index (χ0) is 21.9. The third-order valence-corrected chi connectivity index (χ3v) is 4.93. The van der Waals surface area contributed by atoms with Crippen LogP contribution in [0.3, 0.4) is 0 Å². The number of carboxylic acid groups (broad SMARTS) is 1. The molecule has 2 aromatic rings. The molecule has 0 unspecified atom stereocenters. The second-order valence-corrected chi connectivity index (χ2v) is 7.05. The van der Waals surface area contributed by atoms with Crippen molar-refractivity contribution < 1.29 is 27.9 Å². The summed E-state index contributed by atoms with van der Waals surface area (Å²) in [4.78, 5) is 26.4. The summed E-state index contributed by atoms with van der Waals surface area (Å²) in [6.07, 6.45) is -2.59. The summed E-state index contributed by atoms with van der Waals surface area (Å²) in [5, 5.41) is 13.1. The van der Waals surface area contributed by atoms with Crippen molar-refractivity contribution in [3.8, 4) is 5.75 Å². The average Bonchev–Trinajstić information content (AvgIpc) is 2.71. The van der Waals surface area contributed by atoms with E-state index in [1.54, 1.807) is 20.0 Å². The van der Waals surface area contributed by atoms with Crippen molar-refractivity contribution in [1.29, 1.82) is 0 Å². The molecule has 7 nitrogen and oxygen atoms in total. The summed E-state index contributed by atoms with van der Waals surface area (Å²) in [7, 11) is 0. The van der Waals surface area contributed by atoms with E-state index in [-0.39, 0.29) is 11.7 Å². The van der Waals surface area contributed by atoms with E-state index in [1.807, 2.05) is 0 Å². The summed E-state index contributed by atoms with van der Waals surface area (Å²) < 4.78 is 38.6. The molecule has 0 aliphatic carbocycles. The summed E-state index contributed by atoms with van der Waals surface area (Å²) in [5.41, 5.74) is 0.961. The van der Waals surface area contributed by atoms with Crippen LogP contribution in [0.15, 0.2) is 35.6 Å². The number of carbonyl (C=O) groups is 1. The van der Waals surface area contributed by atoms with Gasteiger partial charge in [0.1, 0.15) is 5.82 Å². The maximum Gasteiger partial charge on any atom is 0.416 e. The number of aromatic nitrogens is 2. The lowest BCUT2D eigenvalue weighted by Crippen LogP contribution is -2.37. The van der Waals surface area contributed by atoms with E-state index in [1.165, 1.54) is 17.0 Å². The van der Waals surface area contributed by atoms with Gasteiger partial charge in [0.15, 0.2) is 5.75 Å². The number of amides is 1. The standard InChI is InChI=1S/C20H21F3N4O3/c1-12(26-30-16-5-3-4-15(10-16)20(21,22)23)17-11-24-13(2)25-18(17)14-6-8-27(9-7-14)19(28)29/h3-5,10-11,14H,6-9H2,1-2H3,(H,28,29). The minimum Gasteiger partial charge on any atom is -0.465 e. The molecule has 1 aromatic carbocycles. The second-order valence-electron chi connectivity index (χ2n) is 7.05. The highest BCUT2D eigenvalue weighted by atomic mass is 19.4. The van der Waals surface area contributed by atoms with Gasteiger partial charge in [-0.15, -0.1) is 0 Å². The van der Waals surface area contributed by atoms with Crippen LogP contribution in [0.2, 0.25) is 0 Å². The lowest BCUT2D eigenvalue weighted by molar-refractivity contribution is -0.137. The zero-order valence-electron chi connectivity index (χ0n) is 16.5. The molecule has 1 saturated heterocycles. The molecule has 1 aromatic heterocycles. The number of likely N-dealkylation sites (tertiary alicyclic amines) is 1. The van der Waals surface area contributed by atoms with Gasteiger partial charge >= 0.3 is 12.3 Å². The fourth-order valence-corrected chi connectivity index (χ4v) is 3.32. The maximum atomic E-state index is 12.9. The Morgan fingerprint density at radius 3 is 2.63 bits per heavy atom. The Morgan fingerprint density at radius 2 is 2.00 bits per heavy atom. The molecule has 0 atom stereocenters. The Labute approximate surface area is 171 Å². The third-order valence-electron chi connectivity index (χ3n) is 4.93. The number of hydrogen-bond acceptors (Lipinski definition) is 5. The van der Waals surface area contributed by atoms with Gasteiger partial charge in [0.2, 0.25) is 0 Å². The Bertz CT molecular complexity index is 955. The highest BCUT2D eigenvalue weighted by molar-refractivity contribution is 5.99. The Morgan fingerprint density at radius 1 is 1.30 bits per heavy atom. The molecule has 1 amide bonds. The number of oxime groups is 1. The molecule has 1 aliphatic heterocycles. The fourth-order valence-electron chi connectivity index (χ4n) is 3.32. The molecule has 30 heavy (non-hydrogen) atoms. The van der Waals surface area contributed by atoms with Gasteiger partial charge in [0.05, 0.1) is 17.0 Å². The van der Waals surface area contributed by atoms with E-state index < -0.39 is 17.8 Å². The first-order chi connectivity index (χ1) is 14.1. The molecule has 160 valence electrons. The van der Waals surface area contributed by atoms with Crippen LogP contribution in [-0.2, 0) is 6.18 Å². The second kappa shape index (κ2) is 8.68. The van der Waals surface area contributed by atoms with Gasteiger partial charge in [-0.1, -0.05) is 11.2 Å². The number of piperidine rings is 1. The van der Waals surface area contributed by atoms with Gasteiger partial charge < -0.3 is 14.8 Å². The minimum absolute atomic E-state index is 0.0241. The average molecular weight is 422 g/mol. The minimum atomic E-state index is -4.47. The van der Waals surface area contributed by atoms with Crippen molar-refractivity contribution in [2.24, 2.45) is 5.16 Å². The number of nitrogens with zero attached hydrogens (tertiary/aromatic N) is 4. The van der Waals surface area contributed by atoms with Gasteiger partial charge in [0, 0.05) is 30.8 Å².